The predicted octanol–water partition coefficient (Wildman–Crippen LogP) is 2.22. The summed E-state index contributed by atoms with van der Waals surface area (Å²) < 4.78 is 0. The number of aliphatic hydroxyl groups excluding tert-OH is 1. The van der Waals surface area contributed by atoms with Crippen LogP contribution >= 0.6 is 0 Å². The number of hydrogen-bond acceptors (Lipinski definition) is 2. The van der Waals surface area contributed by atoms with Crippen LogP contribution in [0.5, 0.6) is 0 Å². The molecule has 2 heteroatoms. The van der Waals surface area contributed by atoms with Crippen molar-refractivity contribution in [2.45, 2.75) is 32.3 Å². The molecule has 0 bridgehead atoms. The summed E-state index contributed by atoms with van der Waals surface area (Å²) >= 11 is 0. The molecule has 1 saturated carbocycles. The molecule has 0 aliphatic heterocycles. The lowest BCUT2D eigenvalue weighted by molar-refractivity contribution is 0.159. The lowest BCUT2D eigenvalue weighted by atomic mass is 10.0. The first kappa shape index (κ1) is 8.70. The quantitative estimate of drug-likeness (QED) is 0.768. The lowest BCUT2D eigenvalue weighted by Gasteiger charge is -2.11. The summed E-state index contributed by atoms with van der Waals surface area (Å²) in [6.07, 6.45) is 6.73. The lowest BCUT2D eigenvalue weighted by Crippen LogP contribution is -2.01. The van der Waals surface area contributed by atoms with Crippen LogP contribution in [0.15, 0.2) is 18.5 Å². The van der Waals surface area contributed by atoms with E-state index >= 15 is 0 Å². The highest BCUT2D eigenvalue weighted by molar-refractivity contribution is 5.23. The van der Waals surface area contributed by atoms with Crippen LogP contribution in [0.4, 0.5) is 0 Å². The molecule has 0 amide bonds. The predicted molar refractivity (Wildman–Crippen MR) is 51.3 cm³/mol. The van der Waals surface area contributed by atoms with E-state index in [9.17, 15) is 5.11 Å². The van der Waals surface area contributed by atoms with Gasteiger partial charge in [0.05, 0.1) is 6.10 Å². The Balaban J connectivity index is 2.09. The van der Waals surface area contributed by atoms with Gasteiger partial charge in [0.1, 0.15) is 0 Å². The maximum atomic E-state index is 9.87. The van der Waals surface area contributed by atoms with Gasteiger partial charge in [-0.05, 0) is 30.9 Å². The first-order chi connectivity index (χ1) is 6.27. The normalized spacial score (nSPS) is 18.6. The van der Waals surface area contributed by atoms with Gasteiger partial charge in [-0.15, -0.1) is 0 Å². The topological polar surface area (TPSA) is 33.1 Å². The highest BCUT2D eigenvalue weighted by Crippen LogP contribution is 2.37. The van der Waals surface area contributed by atoms with Crippen molar-refractivity contribution in [2.24, 2.45) is 5.92 Å². The van der Waals surface area contributed by atoms with Gasteiger partial charge >= 0.3 is 0 Å². The second kappa shape index (κ2) is 3.46. The Labute approximate surface area is 78.6 Å². The van der Waals surface area contributed by atoms with E-state index in [0.717, 1.165) is 23.5 Å². The minimum absolute atomic E-state index is 0.304. The van der Waals surface area contributed by atoms with E-state index in [2.05, 4.69) is 4.98 Å². The molecule has 0 aromatic carbocycles. The summed E-state index contributed by atoms with van der Waals surface area (Å²) in [7, 11) is 0. The van der Waals surface area contributed by atoms with Crippen molar-refractivity contribution in [3.8, 4) is 0 Å². The Hall–Kier alpha value is -0.890. The van der Waals surface area contributed by atoms with Gasteiger partial charge in [-0.2, -0.15) is 0 Å². The number of nitrogens with zero attached hydrogens (tertiary/aromatic N) is 1. The monoisotopic (exact) mass is 177 g/mol. The fourth-order valence-electron chi connectivity index (χ4n) is 1.62. The van der Waals surface area contributed by atoms with Crippen LogP contribution in [-0.2, 0) is 0 Å². The van der Waals surface area contributed by atoms with E-state index in [-0.39, 0.29) is 6.10 Å². The minimum atomic E-state index is -0.304. The van der Waals surface area contributed by atoms with Gasteiger partial charge in [-0.3, -0.25) is 4.98 Å². The molecule has 2 nitrogen and oxygen atoms in total. The Bertz CT molecular complexity index is 294. The van der Waals surface area contributed by atoms with Crippen LogP contribution in [0.25, 0.3) is 0 Å². The van der Waals surface area contributed by atoms with Crippen molar-refractivity contribution in [3.05, 3.63) is 29.6 Å². The molecule has 2 rings (SSSR count). The molecule has 13 heavy (non-hydrogen) atoms. The molecule has 0 saturated heterocycles. The molecule has 0 radical (unpaired) electrons. The molecule has 1 aliphatic rings. The molecule has 1 atom stereocenters. The van der Waals surface area contributed by atoms with Crippen LogP contribution < -0.4 is 0 Å². The van der Waals surface area contributed by atoms with E-state index in [0.29, 0.717) is 0 Å². The second-order valence-electron chi connectivity index (χ2n) is 3.93. The van der Waals surface area contributed by atoms with Crippen LogP contribution in [0.1, 0.15) is 36.5 Å². The highest BCUT2D eigenvalue weighted by Gasteiger charge is 2.25. The Morgan fingerprint density at radius 2 is 2.38 bits per heavy atom. The van der Waals surface area contributed by atoms with E-state index in [1.807, 2.05) is 13.0 Å². The summed E-state index contributed by atoms with van der Waals surface area (Å²) in [4.78, 5) is 4.03. The molecule has 1 aromatic heterocycles. The van der Waals surface area contributed by atoms with Gasteiger partial charge in [-0.25, -0.2) is 0 Å². The number of aliphatic hydroxyl groups is 1. The Morgan fingerprint density at radius 1 is 1.62 bits per heavy atom. The number of aryl methyl sites for hydroxylation is 1. The molecule has 1 N–H and O–H groups in total. The van der Waals surface area contributed by atoms with E-state index in [1.165, 1.54) is 12.8 Å². The van der Waals surface area contributed by atoms with Crippen molar-refractivity contribution >= 4 is 0 Å². The van der Waals surface area contributed by atoms with Crippen LogP contribution in [0.2, 0.25) is 0 Å². The number of rotatable bonds is 3. The van der Waals surface area contributed by atoms with Crippen molar-refractivity contribution in [3.63, 3.8) is 0 Å². The molecule has 1 unspecified atom stereocenters. The first-order valence-electron chi connectivity index (χ1n) is 4.86. The minimum Gasteiger partial charge on any atom is -0.388 e. The fraction of sp³-hybridized carbons (Fsp3) is 0.545. The Kier molecular flexibility index (Phi) is 2.32. The molecule has 0 spiro atoms. The maximum absolute atomic E-state index is 9.87. The number of hydrogen-bond donors (Lipinski definition) is 1. The van der Waals surface area contributed by atoms with E-state index < -0.39 is 0 Å². The Morgan fingerprint density at radius 3 is 3.00 bits per heavy atom. The van der Waals surface area contributed by atoms with Crippen LogP contribution in [0, 0.1) is 12.8 Å². The third-order valence-electron chi connectivity index (χ3n) is 2.69. The molecular weight excluding hydrogens is 162 g/mol. The van der Waals surface area contributed by atoms with Crippen LogP contribution in [-0.4, -0.2) is 10.1 Å². The summed E-state index contributed by atoms with van der Waals surface area (Å²) in [5, 5.41) is 9.87. The zero-order valence-electron chi connectivity index (χ0n) is 7.90. The third-order valence-corrected chi connectivity index (χ3v) is 2.69. The third kappa shape index (κ3) is 2.07. The van der Waals surface area contributed by atoms with Gasteiger partial charge in [0, 0.05) is 18.0 Å². The van der Waals surface area contributed by atoms with E-state index in [4.69, 9.17) is 0 Å². The first-order valence-corrected chi connectivity index (χ1v) is 4.86. The summed E-state index contributed by atoms with van der Waals surface area (Å²) in [6.45, 7) is 2.02. The molecule has 1 fully saturated rings. The van der Waals surface area contributed by atoms with Gasteiger partial charge in [0.15, 0.2) is 0 Å². The van der Waals surface area contributed by atoms with Gasteiger partial charge < -0.3 is 5.11 Å². The van der Waals surface area contributed by atoms with Gasteiger partial charge in [0.25, 0.3) is 0 Å². The molecule has 1 aliphatic carbocycles. The number of pyridine rings is 1. The number of aromatic nitrogens is 1. The maximum Gasteiger partial charge on any atom is 0.0810 e. The molecular formula is C11H15NO. The average molecular weight is 177 g/mol. The van der Waals surface area contributed by atoms with Crippen molar-refractivity contribution in [1.29, 1.82) is 0 Å². The summed E-state index contributed by atoms with van der Waals surface area (Å²) in [6, 6.07) is 1.95. The van der Waals surface area contributed by atoms with Gasteiger partial charge in [-0.1, -0.05) is 12.8 Å². The van der Waals surface area contributed by atoms with Crippen LogP contribution in [0.3, 0.4) is 0 Å². The fourth-order valence-corrected chi connectivity index (χ4v) is 1.62. The average Bonchev–Trinajstić information content (AvgIpc) is 2.89. The largest absolute Gasteiger partial charge is 0.388 e. The smallest absolute Gasteiger partial charge is 0.0810 e. The second-order valence-corrected chi connectivity index (χ2v) is 3.93. The molecule has 1 heterocycles. The zero-order valence-corrected chi connectivity index (χ0v) is 7.90. The van der Waals surface area contributed by atoms with Gasteiger partial charge in [0.2, 0.25) is 0 Å². The van der Waals surface area contributed by atoms with Crippen molar-refractivity contribution in [2.75, 3.05) is 0 Å². The molecule has 70 valence electrons. The standard InChI is InChI=1S/C11H15NO/c1-8-4-5-12-7-10(8)11(13)6-9-2-3-9/h4-5,7,9,11,13H,2-3,6H2,1H3. The van der Waals surface area contributed by atoms with Crippen molar-refractivity contribution < 1.29 is 5.11 Å². The summed E-state index contributed by atoms with van der Waals surface area (Å²) in [5.74, 6) is 0.759. The SMILES string of the molecule is Cc1ccncc1C(O)CC1CC1. The molecule has 1 aromatic rings. The zero-order chi connectivity index (χ0) is 9.26. The van der Waals surface area contributed by atoms with E-state index in [1.54, 1.807) is 12.4 Å². The van der Waals surface area contributed by atoms with Crippen molar-refractivity contribution in [1.82, 2.24) is 4.98 Å². The summed E-state index contributed by atoms with van der Waals surface area (Å²) in [5.41, 5.74) is 2.14. The highest BCUT2D eigenvalue weighted by atomic mass is 16.3.